The van der Waals surface area contributed by atoms with Crippen LogP contribution < -0.4 is 10.6 Å². The number of benzene rings is 1. The molecule has 1 aromatic heterocycles. The molecule has 0 radical (unpaired) electrons. The van der Waals surface area contributed by atoms with Gasteiger partial charge < -0.3 is 15.4 Å². The van der Waals surface area contributed by atoms with Crippen molar-refractivity contribution in [1.82, 2.24) is 15.5 Å². The summed E-state index contributed by atoms with van der Waals surface area (Å²) in [6.45, 7) is 0.925. The van der Waals surface area contributed by atoms with Gasteiger partial charge in [-0.2, -0.15) is 23.3 Å². The highest BCUT2D eigenvalue weighted by atomic mass is 19.4. The van der Waals surface area contributed by atoms with E-state index in [2.05, 4.69) is 25.8 Å². The highest BCUT2D eigenvalue weighted by Crippen LogP contribution is 2.28. The molecule has 3 rings (SSSR count). The number of amides is 1. The summed E-state index contributed by atoms with van der Waals surface area (Å²) in [5, 5.41) is 10.8. The number of aliphatic imine (C=N–C) groups is 1. The van der Waals surface area contributed by atoms with Crippen molar-refractivity contribution in [2.24, 2.45) is 4.99 Å². The largest absolute Gasteiger partial charge is 0.435 e. The molecule has 0 atom stereocenters. The molecular formula is C17H16F5N5O2. The van der Waals surface area contributed by atoms with E-state index in [0.29, 0.717) is 38.2 Å². The summed E-state index contributed by atoms with van der Waals surface area (Å²) in [5.74, 6) is -3.58. The first kappa shape index (κ1) is 20.7. The topological polar surface area (TPSA) is 91.4 Å². The van der Waals surface area contributed by atoms with Crippen LogP contribution in [-0.4, -0.2) is 41.3 Å². The lowest BCUT2D eigenvalue weighted by atomic mass is 10.1. The molecule has 2 aromatic rings. The molecule has 1 fully saturated rings. The second-order valence-electron chi connectivity index (χ2n) is 6.22. The van der Waals surface area contributed by atoms with Crippen molar-refractivity contribution in [3.63, 3.8) is 0 Å². The molecule has 1 saturated heterocycles. The first-order valence-electron chi connectivity index (χ1n) is 8.54. The van der Waals surface area contributed by atoms with Gasteiger partial charge in [0.05, 0.1) is 0 Å². The predicted octanol–water partition coefficient (Wildman–Crippen LogP) is 3.08. The van der Waals surface area contributed by atoms with Gasteiger partial charge in [-0.05, 0) is 31.0 Å². The van der Waals surface area contributed by atoms with E-state index in [1.54, 1.807) is 0 Å². The lowest BCUT2D eigenvalue weighted by molar-refractivity contribution is -0.141. The van der Waals surface area contributed by atoms with Crippen molar-refractivity contribution in [2.75, 3.05) is 18.5 Å². The van der Waals surface area contributed by atoms with Crippen molar-refractivity contribution in [3.05, 3.63) is 47.2 Å². The molecule has 0 saturated carbocycles. The number of anilines is 1. The number of carbonyl (C=O) groups is 1. The average Bonchev–Trinajstić information content (AvgIpc) is 3.13. The van der Waals surface area contributed by atoms with Gasteiger partial charge in [0, 0.05) is 30.9 Å². The van der Waals surface area contributed by atoms with E-state index < -0.39 is 29.4 Å². The number of hydrogen-bond acceptors (Lipinski definition) is 3. The van der Waals surface area contributed by atoms with Gasteiger partial charge in [-0.25, -0.2) is 8.78 Å². The third kappa shape index (κ3) is 5.50. The zero-order valence-corrected chi connectivity index (χ0v) is 14.8. The number of alkyl halides is 3. The van der Waals surface area contributed by atoms with Gasteiger partial charge in [-0.1, -0.05) is 0 Å². The van der Waals surface area contributed by atoms with Crippen LogP contribution in [0.25, 0.3) is 0 Å². The molecule has 0 spiro atoms. The molecule has 12 heteroatoms. The molecule has 156 valence electrons. The summed E-state index contributed by atoms with van der Waals surface area (Å²) in [7, 11) is 0. The monoisotopic (exact) mass is 417 g/mol. The van der Waals surface area contributed by atoms with Crippen molar-refractivity contribution >= 4 is 17.7 Å². The van der Waals surface area contributed by atoms with E-state index in [1.807, 2.05) is 0 Å². The molecule has 29 heavy (non-hydrogen) atoms. The summed E-state index contributed by atoms with van der Waals surface area (Å²) in [6, 6.07) is 3.07. The number of aromatic nitrogens is 2. The van der Waals surface area contributed by atoms with E-state index in [0.717, 1.165) is 12.1 Å². The fourth-order valence-electron chi connectivity index (χ4n) is 2.59. The van der Waals surface area contributed by atoms with Crippen molar-refractivity contribution < 1.29 is 31.5 Å². The number of aromatic amines is 1. The van der Waals surface area contributed by atoms with Crippen LogP contribution in [0.3, 0.4) is 0 Å². The molecule has 1 amide bonds. The predicted molar refractivity (Wildman–Crippen MR) is 92.3 cm³/mol. The van der Waals surface area contributed by atoms with Crippen LogP contribution in [0.1, 0.15) is 28.9 Å². The first-order chi connectivity index (χ1) is 13.7. The number of nitrogens with zero attached hydrogens (tertiary/aromatic N) is 2. The zero-order chi connectivity index (χ0) is 21.0. The van der Waals surface area contributed by atoms with E-state index in [4.69, 9.17) is 4.74 Å². The smallest absolute Gasteiger partial charge is 0.381 e. The van der Waals surface area contributed by atoms with Crippen LogP contribution in [0.4, 0.5) is 27.8 Å². The Morgan fingerprint density at radius 1 is 1.17 bits per heavy atom. The normalized spacial score (nSPS) is 16.0. The Hall–Kier alpha value is -3.02. The standard InChI is InChI=1S/C17H16F5N5O2/c18-11-2-1-9(7-12(11)19)15(28)25-16(23-10-3-5-29-6-4-10)24-14-8-13(26-27-14)17(20,21)22/h1-2,7-8,10H,3-6H2,(H3,23,24,25,26,27,28). The lowest BCUT2D eigenvalue weighted by Crippen LogP contribution is -2.42. The minimum absolute atomic E-state index is 0.155. The maximum atomic E-state index is 13.4. The van der Waals surface area contributed by atoms with Gasteiger partial charge in [-0.3, -0.25) is 9.89 Å². The Bertz CT molecular complexity index is 906. The van der Waals surface area contributed by atoms with Gasteiger partial charge in [0.25, 0.3) is 5.91 Å². The molecular weight excluding hydrogens is 401 g/mol. The number of ether oxygens (including phenoxy) is 1. The number of carbonyl (C=O) groups excluding carboxylic acids is 1. The molecule has 7 nitrogen and oxygen atoms in total. The minimum atomic E-state index is -4.65. The molecule has 1 aromatic carbocycles. The van der Waals surface area contributed by atoms with Gasteiger partial charge >= 0.3 is 6.18 Å². The van der Waals surface area contributed by atoms with Crippen molar-refractivity contribution in [2.45, 2.75) is 25.1 Å². The van der Waals surface area contributed by atoms with E-state index >= 15 is 0 Å². The van der Waals surface area contributed by atoms with E-state index in [-0.39, 0.29) is 23.4 Å². The van der Waals surface area contributed by atoms with Crippen LogP contribution in [0.2, 0.25) is 0 Å². The molecule has 0 bridgehead atoms. The number of hydrogen-bond donors (Lipinski definition) is 3. The SMILES string of the molecule is O=C(/N=C(\Nc1cc(C(F)(F)F)n[nH]1)NC1CCOCC1)c1ccc(F)c(F)c1. The molecule has 3 N–H and O–H groups in total. The third-order valence-corrected chi connectivity index (χ3v) is 4.06. The highest BCUT2D eigenvalue weighted by molar-refractivity contribution is 6.06. The third-order valence-electron chi connectivity index (χ3n) is 4.06. The van der Waals surface area contributed by atoms with Crippen molar-refractivity contribution in [1.29, 1.82) is 0 Å². The first-order valence-corrected chi connectivity index (χ1v) is 8.54. The fourth-order valence-corrected chi connectivity index (χ4v) is 2.59. The molecule has 1 aliphatic heterocycles. The van der Waals surface area contributed by atoms with Crippen LogP contribution in [0.15, 0.2) is 29.3 Å². The average molecular weight is 417 g/mol. The van der Waals surface area contributed by atoms with Crippen LogP contribution >= 0.6 is 0 Å². The van der Waals surface area contributed by atoms with Crippen LogP contribution in [0.5, 0.6) is 0 Å². The zero-order valence-electron chi connectivity index (χ0n) is 14.8. The summed E-state index contributed by atoms with van der Waals surface area (Å²) in [4.78, 5) is 16.1. The van der Waals surface area contributed by atoms with E-state index in [9.17, 15) is 26.7 Å². The summed E-state index contributed by atoms with van der Waals surface area (Å²) in [5.41, 5.74) is -1.38. The van der Waals surface area contributed by atoms with Gasteiger partial charge in [-0.15, -0.1) is 0 Å². The highest BCUT2D eigenvalue weighted by Gasteiger charge is 2.34. The Balaban J connectivity index is 1.83. The van der Waals surface area contributed by atoms with E-state index in [1.165, 1.54) is 0 Å². The maximum Gasteiger partial charge on any atom is 0.435 e. The quantitative estimate of drug-likeness (QED) is 0.406. The Morgan fingerprint density at radius 2 is 1.90 bits per heavy atom. The fraction of sp³-hybridized carbons (Fsp3) is 0.353. The van der Waals surface area contributed by atoms with Gasteiger partial charge in [0.15, 0.2) is 17.3 Å². The Labute approximate surface area is 161 Å². The second kappa shape index (κ2) is 8.55. The Kier molecular flexibility index (Phi) is 6.11. The minimum Gasteiger partial charge on any atom is -0.381 e. The molecule has 0 unspecified atom stereocenters. The van der Waals surface area contributed by atoms with Crippen LogP contribution in [0, 0.1) is 11.6 Å². The number of rotatable bonds is 3. The number of H-pyrrole nitrogens is 1. The second-order valence-corrected chi connectivity index (χ2v) is 6.22. The Morgan fingerprint density at radius 3 is 2.52 bits per heavy atom. The summed E-state index contributed by atoms with van der Waals surface area (Å²) in [6.07, 6.45) is -3.49. The summed E-state index contributed by atoms with van der Waals surface area (Å²) >= 11 is 0. The maximum absolute atomic E-state index is 13.4. The number of nitrogens with one attached hydrogen (secondary N) is 3. The number of halogens is 5. The van der Waals surface area contributed by atoms with Gasteiger partial charge in [0.1, 0.15) is 5.82 Å². The molecule has 2 heterocycles. The van der Waals surface area contributed by atoms with Gasteiger partial charge in [0.2, 0.25) is 5.96 Å². The van der Waals surface area contributed by atoms with Crippen LogP contribution in [-0.2, 0) is 10.9 Å². The lowest BCUT2D eigenvalue weighted by Gasteiger charge is -2.24. The summed E-state index contributed by atoms with van der Waals surface area (Å²) < 4.78 is 69.8. The van der Waals surface area contributed by atoms with Crippen molar-refractivity contribution in [3.8, 4) is 0 Å². The molecule has 1 aliphatic rings. The number of guanidine groups is 1. The molecule has 0 aliphatic carbocycles.